The predicted octanol–water partition coefficient (Wildman–Crippen LogP) is 5.26. The summed E-state index contributed by atoms with van der Waals surface area (Å²) in [6.45, 7) is 3.94. The Balaban J connectivity index is 1.39. The number of nitrogens with zero attached hydrogens (tertiary/aromatic N) is 2. The number of hydrogen-bond donors (Lipinski definition) is 2. The summed E-state index contributed by atoms with van der Waals surface area (Å²) in [5.74, 6) is 0.866. The van der Waals surface area contributed by atoms with E-state index in [0.29, 0.717) is 17.1 Å². The minimum atomic E-state index is -0.228. The van der Waals surface area contributed by atoms with Gasteiger partial charge in [-0.15, -0.1) is 0 Å². The molecule has 0 atom stereocenters. The molecule has 0 saturated heterocycles. The number of carbonyl (C=O) groups is 1. The molecule has 1 heterocycles. The zero-order chi connectivity index (χ0) is 22.5. The van der Waals surface area contributed by atoms with E-state index in [1.807, 2.05) is 68.4 Å². The van der Waals surface area contributed by atoms with Crippen molar-refractivity contribution in [1.29, 1.82) is 5.26 Å². The van der Waals surface area contributed by atoms with Crippen molar-refractivity contribution in [2.24, 2.45) is 0 Å². The number of imidazole rings is 1. The van der Waals surface area contributed by atoms with Crippen LogP contribution in [0, 0.1) is 25.2 Å². The van der Waals surface area contributed by atoms with E-state index in [1.54, 1.807) is 18.2 Å². The molecule has 0 aliphatic rings. The van der Waals surface area contributed by atoms with Gasteiger partial charge in [-0.3, -0.25) is 4.79 Å². The Morgan fingerprint density at radius 3 is 2.59 bits per heavy atom. The van der Waals surface area contributed by atoms with E-state index >= 15 is 0 Å². The molecule has 0 bridgehead atoms. The Bertz CT molecular complexity index is 1310. The normalized spacial score (nSPS) is 11.2. The molecule has 0 aliphatic heterocycles. The van der Waals surface area contributed by atoms with Crippen molar-refractivity contribution in [1.82, 2.24) is 9.97 Å². The Morgan fingerprint density at radius 1 is 1.09 bits per heavy atom. The van der Waals surface area contributed by atoms with Crippen molar-refractivity contribution in [2.75, 3.05) is 11.9 Å². The van der Waals surface area contributed by atoms with E-state index in [2.05, 4.69) is 21.4 Å². The van der Waals surface area contributed by atoms with Crippen LogP contribution < -0.4 is 10.1 Å². The first-order valence-corrected chi connectivity index (χ1v) is 10.2. The van der Waals surface area contributed by atoms with Gasteiger partial charge in [-0.25, -0.2) is 4.98 Å². The van der Waals surface area contributed by atoms with Crippen molar-refractivity contribution in [3.63, 3.8) is 0 Å². The highest BCUT2D eigenvalue weighted by Crippen LogP contribution is 2.21. The summed E-state index contributed by atoms with van der Waals surface area (Å²) in [5.41, 5.74) is 5.99. The van der Waals surface area contributed by atoms with E-state index in [-0.39, 0.29) is 12.5 Å². The molecule has 0 saturated carbocycles. The number of benzene rings is 3. The van der Waals surface area contributed by atoms with E-state index in [1.165, 1.54) is 5.56 Å². The number of H-pyrrole nitrogens is 1. The minimum absolute atomic E-state index is 0.0927. The lowest BCUT2D eigenvalue weighted by Crippen LogP contribution is -2.20. The summed E-state index contributed by atoms with van der Waals surface area (Å²) in [6, 6.07) is 22.8. The number of para-hydroxylation sites is 2. The fourth-order valence-electron chi connectivity index (χ4n) is 3.23. The number of rotatable bonds is 6. The lowest BCUT2D eigenvalue weighted by Gasteiger charge is -2.09. The van der Waals surface area contributed by atoms with Crippen LogP contribution in [0.15, 0.2) is 66.7 Å². The molecule has 0 spiro atoms. The van der Waals surface area contributed by atoms with Gasteiger partial charge in [-0.05, 0) is 73.0 Å². The predicted molar refractivity (Wildman–Crippen MR) is 126 cm³/mol. The van der Waals surface area contributed by atoms with Gasteiger partial charge >= 0.3 is 0 Å². The molecule has 3 aromatic carbocycles. The molecule has 0 radical (unpaired) electrons. The monoisotopic (exact) mass is 422 g/mol. The molecular formula is C26H22N4O2. The Hall–Kier alpha value is -4.37. The third-order valence-corrected chi connectivity index (χ3v) is 5.12. The number of aromatic amines is 1. The van der Waals surface area contributed by atoms with Crippen LogP contribution >= 0.6 is 0 Å². The van der Waals surface area contributed by atoms with Crippen molar-refractivity contribution in [3.8, 4) is 11.8 Å². The lowest BCUT2D eigenvalue weighted by atomic mass is 10.1. The van der Waals surface area contributed by atoms with Gasteiger partial charge in [0.25, 0.3) is 5.91 Å². The molecule has 4 rings (SSSR count). The van der Waals surface area contributed by atoms with Gasteiger partial charge in [0, 0.05) is 5.69 Å². The maximum absolute atomic E-state index is 12.2. The Labute approximate surface area is 186 Å². The second kappa shape index (κ2) is 9.19. The third-order valence-electron chi connectivity index (χ3n) is 5.12. The second-order valence-electron chi connectivity index (χ2n) is 7.48. The van der Waals surface area contributed by atoms with Gasteiger partial charge in [-0.2, -0.15) is 5.26 Å². The first-order valence-electron chi connectivity index (χ1n) is 10.2. The fraction of sp³-hybridized carbons (Fsp3) is 0.115. The van der Waals surface area contributed by atoms with Crippen LogP contribution in [-0.4, -0.2) is 22.5 Å². The van der Waals surface area contributed by atoms with Gasteiger partial charge in [0.2, 0.25) is 0 Å². The number of aryl methyl sites for hydroxylation is 2. The van der Waals surface area contributed by atoms with Gasteiger partial charge in [0.05, 0.1) is 16.6 Å². The van der Waals surface area contributed by atoms with Crippen LogP contribution in [0.3, 0.4) is 0 Å². The number of allylic oxidation sites excluding steroid dienone is 1. The molecule has 1 amide bonds. The van der Waals surface area contributed by atoms with Gasteiger partial charge in [0.1, 0.15) is 17.6 Å². The maximum Gasteiger partial charge on any atom is 0.262 e. The molecule has 158 valence electrons. The lowest BCUT2D eigenvalue weighted by molar-refractivity contribution is -0.118. The molecule has 32 heavy (non-hydrogen) atoms. The van der Waals surface area contributed by atoms with E-state index in [0.717, 1.165) is 27.8 Å². The molecular weight excluding hydrogens is 400 g/mol. The quantitative estimate of drug-likeness (QED) is 0.415. The summed E-state index contributed by atoms with van der Waals surface area (Å²) in [4.78, 5) is 19.8. The highest BCUT2D eigenvalue weighted by Gasteiger charge is 2.08. The van der Waals surface area contributed by atoms with Crippen molar-refractivity contribution >= 4 is 34.3 Å². The van der Waals surface area contributed by atoms with Crippen molar-refractivity contribution < 1.29 is 9.53 Å². The number of aromatic nitrogens is 2. The highest BCUT2D eigenvalue weighted by atomic mass is 16.5. The van der Waals surface area contributed by atoms with E-state index < -0.39 is 0 Å². The third kappa shape index (κ3) is 4.85. The largest absolute Gasteiger partial charge is 0.484 e. The van der Waals surface area contributed by atoms with Gasteiger partial charge in [0.15, 0.2) is 6.61 Å². The molecule has 6 nitrogen and oxygen atoms in total. The molecule has 0 aliphatic carbocycles. The van der Waals surface area contributed by atoms with E-state index in [4.69, 9.17) is 4.74 Å². The zero-order valence-corrected chi connectivity index (χ0v) is 17.8. The number of fused-ring (bicyclic) bond motifs is 1. The first-order chi connectivity index (χ1) is 15.5. The maximum atomic E-state index is 12.2. The van der Waals surface area contributed by atoms with Crippen LogP contribution in [-0.2, 0) is 4.79 Å². The summed E-state index contributed by atoms with van der Waals surface area (Å²) >= 11 is 0. The number of amides is 1. The van der Waals surface area contributed by atoms with Crippen LogP contribution in [0.4, 0.5) is 5.69 Å². The van der Waals surface area contributed by atoms with Gasteiger partial charge < -0.3 is 15.0 Å². The van der Waals surface area contributed by atoms with Crippen molar-refractivity contribution in [2.45, 2.75) is 13.8 Å². The molecule has 1 aromatic heterocycles. The molecule has 2 N–H and O–H groups in total. The van der Waals surface area contributed by atoms with Crippen LogP contribution in [0.5, 0.6) is 5.75 Å². The Kier molecular flexibility index (Phi) is 6.00. The van der Waals surface area contributed by atoms with Crippen molar-refractivity contribution in [3.05, 3.63) is 89.2 Å². The molecule has 0 fully saturated rings. The molecule has 0 unspecified atom stereocenters. The second-order valence-corrected chi connectivity index (χ2v) is 7.48. The van der Waals surface area contributed by atoms with Crippen LogP contribution in [0.1, 0.15) is 22.5 Å². The number of carbonyl (C=O) groups excluding carboxylic acids is 1. The summed E-state index contributed by atoms with van der Waals surface area (Å²) in [6.07, 6.45) is 1.76. The summed E-state index contributed by atoms with van der Waals surface area (Å²) < 4.78 is 5.59. The average molecular weight is 422 g/mol. The molecule has 6 heteroatoms. The number of hydrogen-bond acceptors (Lipinski definition) is 4. The van der Waals surface area contributed by atoms with Gasteiger partial charge in [-0.1, -0.05) is 30.3 Å². The van der Waals surface area contributed by atoms with E-state index in [9.17, 15) is 10.1 Å². The first kappa shape index (κ1) is 20.9. The number of ether oxygens (including phenoxy) is 1. The fourth-order valence-corrected chi connectivity index (χ4v) is 3.23. The van der Waals surface area contributed by atoms with Crippen LogP contribution in [0.25, 0.3) is 22.7 Å². The SMILES string of the molecule is Cc1ccc(NC(=O)COc2ccc(C=C(C#N)c3nc4ccccc4[nH]3)cc2)cc1C. The highest BCUT2D eigenvalue weighted by molar-refractivity contribution is 5.92. The van der Waals surface area contributed by atoms with Crippen LogP contribution in [0.2, 0.25) is 0 Å². The topological polar surface area (TPSA) is 90.8 Å². The molecule has 4 aromatic rings. The Morgan fingerprint density at radius 2 is 1.88 bits per heavy atom. The number of nitriles is 1. The summed E-state index contributed by atoms with van der Waals surface area (Å²) in [5, 5.41) is 12.4. The minimum Gasteiger partial charge on any atom is -0.484 e. The summed E-state index contributed by atoms with van der Waals surface area (Å²) in [7, 11) is 0. The number of nitrogens with one attached hydrogen (secondary N) is 2. The number of anilines is 1. The average Bonchev–Trinajstić information content (AvgIpc) is 3.23. The standard InChI is InChI=1S/C26H22N4O2/c1-17-7-10-21(13-18(17)2)28-25(31)16-32-22-11-8-19(9-12-22)14-20(15-27)26-29-23-5-3-4-6-24(23)30-26/h3-14H,16H2,1-2H3,(H,28,31)(H,29,30). The smallest absolute Gasteiger partial charge is 0.262 e. The zero-order valence-electron chi connectivity index (χ0n) is 17.8.